The van der Waals surface area contributed by atoms with Crippen LogP contribution in [-0.2, 0) is 10.5 Å². The lowest BCUT2D eigenvalue weighted by Gasteiger charge is -2.03. The van der Waals surface area contributed by atoms with E-state index in [4.69, 9.17) is 0 Å². The standard InChI is InChI=1S/C9H6FN3O4S2/c10-19(15,16)17-7-3-1-2-6(4-7)8(14)12-9-13-11-5-18-9/h1-5H,(H,12,13,14). The van der Waals surface area contributed by atoms with E-state index in [-0.39, 0.29) is 16.4 Å². The molecule has 2 aromatic rings. The lowest BCUT2D eigenvalue weighted by molar-refractivity contribution is 0.102. The van der Waals surface area contributed by atoms with Crippen LogP contribution in [0.5, 0.6) is 5.75 Å². The molecule has 1 heterocycles. The van der Waals surface area contributed by atoms with Gasteiger partial charge in [0.05, 0.1) is 0 Å². The van der Waals surface area contributed by atoms with Gasteiger partial charge in [0.25, 0.3) is 5.91 Å². The molecule has 0 saturated carbocycles. The van der Waals surface area contributed by atoms with Crippen molar-refractivity contribution in [2.75, 3.05) is 5.32 Å². The third-order valence-electron chi connectivity index (χ3n) is 1.87. The Morgan fingerprint density at radius 3 is 2.84 bits per heavy atom. The molecule has 0 atom stereocenters. The summed E-state index contributed by atoms with van der Waals surface area (Å²) in [6.45, 7) is 0. The van der Waals surface area contributed by atoms with Crippen molar-refractivity contribution in [3.63, 3.8) is 0 Å². The number of nitrogens with one attached hydrogen (secondary N) is 1. The molecule has 0 radical (unpaired) electrons. The first-order valence-electron chi connectivity index (χ1n) is 4.76. The fraction of sp³-hybridized carbons (Fsp3) is 0. The highest BCUT2D eigenvalue weighted by molar-refractivity contribution is 7.81. The lowest BCUT2D eigenvalue weighted by Crippen LogP contribution is -2.12. The molecule has 1 N–H and O–H groups in total. The fourth-order valence-corrected chi connectivity index (χ4v) is 1.97. The minimum Gasteiger partial charge on any atom is -0.358 e. The normalized spacial score (nSPS) is 11.0. The Morgan fingerprint density at radius 2 is 2.21 bits per heavy atom. The smallest absolute Gasteiger partial charge is 0.358 e. The second-order valence-electron chi connectivity index (χ2n) is 3.20. The fourth-order valence-electron chi connectivity index (χ4n) is 1.20. The molecule has 7 nitrogen and oxygen atoms in total. The Labute approximate surface area is 111 Å². The third kappa shape index (κ3) is 3.96. The van der Waals surface area contributed by atoms with Gasteiger partial charge in [-0.1, -0.05) is 21.3 Å². The summed E-state index contributed by atoms with van der Waals surface area (Å²) in [5, 5.41) is 9.87. The lowest BCUT2D eigenvalue weighted by atomic mass is 10.2. The molecule has 1 amide bonds. The summed E-state index contributed by atoms with van der Waals surface area (Å²) in [6.07, 6.45) is 0. The third-order valence-corrected chi connectivity index (χ3v) is 2.87. The molecular weight excluding hydrogens is 297 g/mol. The predicted molar refractivity (Wildman–Crippen MR) is 65.0 cm³/mol. The van der Waals surface area contributed by atoms with E-state index in [0.717, 1.165) is 17.4 Å². The molecule has 0 spiro atoms. The summed E-state index contributed by atoms with van der Waals surface area (Å²) in [4.78, 5) is 11.8. The van der Waals surface area contributed by atoms with Crippen molar-refractivity contribution in [3.8, 4) is 5.75 Å². The van der Waals surface area contributed by atoms with Gasteiger partial charge in [0.1, 0.15) is 11.3 Å². The summed E-state index contributed by atoms with van der Waals surface area (Å²) >= 11 is 1.12. The van der Waals surface area contributed by atoms with Crippen molar-refractivity contribution >= 4 is 32.9 Å². The van der Waals surface area contributed by atoms with Crippen LogP contribution in [0.15, 0.2) is 29.8 Å². The Kier molecular flexibility index (Phi) is 3.71. The van der Waals surface area contributed by atoms with Crippen molar-refractivity contribution in [2.24, 2.45) is 0 Å². The molecule has 0 bridgehead atoms. The summed E-state index contributed by atoms with van der Waals surface area (Å²) in [7, 11) is -5.12. The van der Waals surface area contributed by atoms with Crippen molar-refractivity contribution in [2.45, 2.75) is 0 Å². The number of carbonyl (C=O) groups is 1. The number of halogens is 1. The van der Waals surface area contributed by atoms with Gasteiger partial charge in [0.15, 0.2) is 0 Å². The molecule has 0 aliphatic rings. The number of benzene rings is 1. The maximum absolute atomic E-state index is 12.3. The van der Waals surface area contributed by atoms with E-state index < -0.39 is 16.4 Å². The Morgan fingerprint density at radius 1 is 1.42 bits per heavy atom. The average Bonchev–Trinajstić information content (AvgIpc) is 2.80. The monoisotopic (exact) mass is 303 g/mol. The first-order chi connectivity index (χ1) is 8.94. The van der Waals surface area contributed by atoms with E-state index in [1.807, 2.05) is 0 Å². The van der Waals surface area contributed by atoms with Crippen LogP contribution in [0.25, 0.3) is 0 Å². The number of aromatic nitrogens is 2. The number of anilines is 1. The summed E-state index contributed by atoms with van der Waals surface area (Å²) in [5.74, 6) is -0.842. The van der Waals surface area contributed by atoms with Crippen LogP contribution in [0.4, 0.5) is 9.02 Å². The molecule has 0 unspecified atom stereocenters. The van der Waals surface area contributed by atoms with E-state index in [9.17, 15) is 17.1 Å². The average molecular weight is 303 g/mol. The first kappa shape index (κ1) is 13.4. The van der Waals surface area contributed by atoms with E-state index in [2.05, 4.69) is 19.7 Å². The summed E-state index contributed by atoms with van der Waals surface area (Å²) < 4.78 is 37.0. The van der Waals surface area contributed by atoms with Gasteiger partial charge in [0.2, 0.25) is 5.13 Å². The molecule has 0 aliphatic carbocycles. The van der Waals surface area contributed by atoms with Crippen LogP contribution in [0.2, 0.25) is 0 Å². The van der Waals surface area contributed by atoms with Gasteiger partial charge < -0.3 is 4.18 Å². The van der Waals surface area contributed by atoms with Crippen molar-refractivity contribution in [1.29, 1.82) is 0 Å². The summed E-state index contributed by atoms with van der Waals surface area (Å²) in [5.41, 5.74) is 1.53. The number of amides is 1. The van der Waals surface area contributed by atoms with Gasteiger partial charge in [-0.15, -0.1) is 10.2 Å². The minimum absolute atomic E-state index is 0.0938. The van der Waals surface area contributed by atoms with Crippen LogP contribution in [0.1, 0.15) is 10.4 Å². The van der Waals surface area contributed by atoms with Crippen molar-refractivity contribution in [1.82, 2.24) is 10.2 Å². The van der Waals surface area contributed by atoms with Crippen LogP contribution < -0.4 is 9.50 Å². The number of hydrogen-bond acceptors (Lipinski definition) is 7. The zero-order valence-electron chi connectivity index (χ0n) is 9.11. The molecule has 10 heteroatoms. The number of rotatable bonds is 4. The highest BCUT2D eigenvalue weighted by atomic mass is 32.3. The summed E-state index contributed by atoms with van der Waals surface area (Å²) in [6, 6.07) is 5.07. The van der Waals surface area contributed by atoms with E-state index >= 15 is 0 Å². The van der Waals surface area contributed by atoms with Gasteiger partial charge in [-0.3, -0.25) is 10.1 Å². The first-order valence-corrected chi connectivity index (χ1v) is 6.94. The van der Waals surface area contributed by atoms with E-state index in [0.29, 0.717) is 0 Å². The quantitative estimate of drug-likeness (QED) is 0.857. The maximum Gasteiger partial charge on any atom is 0.488 e. The second kappa shape index (κ2) is 5.28. The molecule has 1 aromatic carbocycles. The van der Waals surface area contributed by atoms with Gasteiger partial charge in [-0.2, -0.15) is 8.42 Å². The zero-order chi connectivity index (χ0) is 13.9. The van der Waals surface area contributed by atoms with E-state index in [1.165, 1.54) is 23.7 Å². The molecule has 0 aliphatic heterocycles. The van der Waals surface area contributed by atoms with Crippen LogP contribution >= 0.6 is 11.3 Å². The van der Waals surface area contributed by atoms with Gasteiger partial charge in [0, 0.05) is 5.56 Å². The molecule has 19 heavy (non-hydrogen) atoms. The van der Waals surface area contributed by atoms with Gasteiger partial charge in [-0.05, 0) is 18.2 Å². The Balaban J connectivity index is 2.16. The highest BCUT2D eigenvalue weighted by Gasteiger charge is 2.13. The van der Waals surface area contributed by atoms with Crippen molar-refractivity contribution < 1.29 is 21.3 Å². The topological polar surface area (TPSA) is 98.2 Å². The van der Waals surface area contributed by atoms with Crippen LogP contribution in [0.3, 0.4) is 0 Å². The largest absolute Gasteiger partial charge is 0.488 e. The zero-order valence-corrected chi connectivity index (χ0v) is 10.7. The SMILES string of the molecule is O=C(Nc1nncs1)c1cccc(OS(=O)(=O)F)c1. The molecule has 2 rings (SSSR count). The Bertz CT molecular complexity index is 687. The van der Waals surface area contributed by atoms with Gasteiger partial charge in [-0.25, -0.2) is 0 Å². The van der Waals surface area contributed by atoms with Crippen LogP contribution in [0, 0.1) is 0 Å². The molecule has 100 valence electrons. The highest BCUT2D eigenvalue weighted by Crippen LogP contribution is 2.17. The van der Waals surface area contributed by atoms with E-state index in [1.54, 1.807) is 0 Å². The maximum atomic E-state index is 12.3. The number of carbonyl (C=O) groups excluding carboxylic acids is 1. The van der Waals surface area contributed by atoms with Crippen molar-refractivity contribution in [3.05, 3.63) is 35.3 Å². The molecular formula is C9H6FN3O4S2. The van der Waals surface area contributed by atoms with Gasteiger partial charge >= 0.3 is 10.5 Å². The number of hydrogen-bond donors (Lipinski definition) is 1. The number of nitrogens with zero attached hydrogens (tertiary/aromatic N) is 2. The Hall–Kier alpha value is -2.07. The second-order valence-corrected chi connectivity index (χ2v) is 4.99. The molecule has 0 fully saturated rings. The van der Waals surface area contributed by atoms with Crippen LogP contribution in [-0.4, -0.2) is 24.5 Å². The minimum atomic E-state index is -5.12. The molecule has 1 aromatic heterocycles. The predicted octanol–water partition coefficient (Wildman–Crippen LogP) is 1.38. The molecule has 0 saturated heterocycles.